The maximum Gasteiger partial charge on any atom is 0.418 e. The molecule has 0 saturated carbocycles. The molecule has 0 spiro atoms. The molecular weight excluding hydrogens is 415 g/mol. The third-order valence-electron chi connectivity index (χ3n) is 4.52. The Labute approximate surface area is 173 Å². The Balaban J connectivity index is 1.54. The zero-order chi connectivity index (χ0) is 21.3. The van der Waals surface area contributed by atoms with Crippen LogP contribution in [0.4, 0.5) is 18.9 Å². The normalized spacial score (nSPS) is 11.6. The minimum Gasteiger partial charge on any atom is -0.497 e. The number of hydrogen-bond donors (Lipinski definition) is 1. The highest BCUT2D eigenvalue weighted by molar-refractivity contribution is 7.15. The van der Waals surface area contributed by atoms with E-state index in [1.807, 2.05) is 24.3 Å². The lowest BCUT2D eigenvalue weighted by Gasteiger charge is -2.13. The molecule has 0 aliphatic rings. The van der Waals surface area contributed by atoms with E-state index in [4.69, 9.17) is 4.74 Å². The summed E-state index contributed by atoms with van der Waals surface area (Å²) in [6.07, 6.45) is -2.82. The van der Waals surface area contributed by atoms with E-state index in [-0.39, 0.29) is 12.1 Å². The number of thiazole rings is 1. The number of carbonyl (C=O) groups is 1. The molecule has 2 aromatic heterocycles. The van der Waals surface area contributed by atoms with Crippen LogP contribution in [-0.2, 0) is 17.4 Å². The Morgan fingerprint density at radius 1 is 1.17 bits per heavy atom. The quantitative estimate of drug-likeness (QED) is 0.468. The van der Waals surface area contributed by atoms with E-state index in [0.29, 0.717) is 10.7 Å². The number of methoxy groups -OCH3 is 1. The van der Waals surface area contributed by atoms with Crippen LogP contribution < -0.4 is 10.1 Å². The van der Waals surface area contributed by atoms with Crippen LogP contribution in [0.1, 0.15) is 11.3 Å². The van der Waals surface area contributed by atoms with Crippen molar-refractivity contribution >= 4 is 27.9 Å². The second kappa shape index (κ2) is 7.83. The summed E-state index contributed by atoms with van der Waals surface area (Å²) >= 11 is 1.36. The van der Waals surface area contributed by atoms with Crippen molar-refractivity contribution in [1.82, 2.24) is 9.38 Å². The number of hydrogen-bond acceptors (Lipinski definition) is 4. The maximum absolute atomic E-state index is 13.1. The van der Waals surface area contributed by atoms with E-state index in [0.717, 1.165) is 23.1 Å². The van der Waals surface area contributed by atoms with Gasteiger partial charge < -0.3 is 10.1 Å². The summed E-state index contributed by atoms with van der Waals surface area (Å²) in [5, 5.41) is 4.14. The number of ether oxygens (including phenoxy) is 1. The number of benzene rings is 2. The fourth-order valence-electron chi connectivity index (χ4n) is 3.06. The van der Waals surface area contributed by atoms with E-state index >= 15 is 0 Å². The predicted molar refractivity (Wildman–Crippen MR) is 109 cm³/mol. The van der Waals surface area contributed by atoms with Crippen molar-refractivity contribution in [3.8, 4) is 17.0 Å². The third-order valence-corrected chi connectivity index (χ3v) is 5.41. The Hall–Kier alpha value is -3.33. The summed E-state index contributed by atoms with van der Waals surface area (Å²) in [4.78, 5) is 17.7. The van der Waals surface area contributed by atoms with Crippen molar-refractivity contribution in [2.75, 3.05) is 12.4 Å². The van der Waals surface area contributed by atoms with E-state index in [1.165, 1.54) is 29.5 Å². The van der Waals surface area contributed by atoms with Crippen LogP contribution in [0.25, 0.3) is 16.2 Å². The minimum atomic E-state index is -4.54. The third kappa shape index (κ3) is 4.02. The molecule has 30 heavy (non-hydrogen) atoms. The molecule has 5 nitrogen and oxygen atoms in total. The average Bonchev–Trinajstić information content (AvgIpc) is 3.30. The lowest BCUT2D eigenvalue weighted by Crippen LogP contribution is -2.18. The number of halogens is 3. The summed E-state index contributed by atoms with van der Waals surface area (Å²) in [5.74, 6) is 0.197. The molecule has 9 heteroatoms. The number of nitrogens with one attached hydrogen (secondary N) is 1. The first kappa shape index (κ1) is 20.0. The molecule has 0 atom stereocenters. The number of fused-ring (bicyclic) bond motifs is 1. The van der Waals surface area contributed by atoms with Crippen LogP contribution in [0.3, 0.4) is 0 Å². The summed E-state index contributed by atoms with van der Waals surface area (Å²) in [6, 6.07) is 12.3. The molecule has 0 radical (unpaired) electrons. The fraction of sp³-hybridized carbons (Fsp3) is 0.143. The lowest BCUT2D eigenvalue weighted by atomic mass is 10.1. The molecule has 2 heterocycles. The van der Waals surface area contributed by atoms with Gasteiger partial charge in [-0.15, -0.1) is 11.3 Å². The molecule has 0 aliphatic heterocycles. The van der Waals surface area contributed by atoms with E-state index in [9.17, 15) is 18.0 Å². The standard InChI is InChI=1S/C21H16F3N3O2S/c1-29-15-8-6-13(7-9-15)18-11-27-14(12-30-20(27)26-18)10-19(28)25-17-5-3-2-4-16(17)21(22,23)24/h2-9,11-12H,10H2,1H3,(H,25,28). The first-order chi connectivity index (χ1) is 14.3. The highest BCUT2D eigenvalue weighted by atomic mass is 32.1. The average molecular weight is 431 g/mol. The number of anilines is 1. The van der Waals surface area contributed by atoms with Crippen molar-refractivity contribution in [1.29, 1.82) is 0 Å². The van der Waals surface area contributed by atoms with Gasteiger partial charge in [-0.1, -0.05) is 12.1 Å². The first-order valence-corrected chi connectivity index (χ1v) is 9.79. The molecule has 1 N–H and O–H groups in total. The van der Waals surface area contributed by atoms with Gasteiger partial charge in [0.25, 0.3) is 0 Å². The van der Waals surface area contributed by atoms with Gasteiger partial charge >= 0.3 is 6.18 Å². The second-order valence-electron chi connectivity index (χ2n) is 6.50. The van der Waals surface area contributed by atoms with Gasteiger partial charge in [-0.05, 0) is 36.4 Å². The molecule has 0 aliphatic carbocycles. The van der Waals surface area contributed by atoms with Crippen molar-refractivity contribution in [3.63, 3.8) is 0 Å². The van der Waals surface area contributed by atoms with Gasteiger partial charge in [0.15, 0.2) is 4.96 Å². The van der Waals surface area contributed by atoms with Crippen molar-refractivity contribution in [2.45, 2.75) is 12.6 Å². The summed E-state index contributed by atoms with van der Waals surface area (Å²) < 4.78 is 46.3. The highest BCUT2D eigenvalue weighted by Gasteiger charge is 2.33. The lowest BCUT2D eigenvalue weighted by molar-refractivity contribution is -0.137. The summed E-state index contributed by atoms with van der Waals surface area (Å²) in [6.45, 7) is 0. The van der Waals surface area contributed by atoms with E-state index in [2.05, 4.69) is 10.3 Å². The molecule has 0 bridgehead atoms. The number of rotatable bonds is 5. The zero-order valence-electron chi connectivity index (χ0n) is 15.7. The van der Waals surface area contributed by atoms with Crippen molar-refractivity contribution in [3.05, 3.63) is 71.4 Å². The number of amides is 1. The van der Waals surface area contributed by atoms with Gasteiger partial charge in [0, 0.05) is 22.8 Å². The zero-order valence-corrected chi connectivity index (χ0v) is 16.6. The number of carbonyl (C=O) groups excluding carboxylic acids is 1. The number of aromatic nitrogens is 2. The van der Waals surface area contributed by atoms with Crippen molar-refractivity contribution < 1.29 is 22.7 Å². The van der Waals surface area contributed by atoms with Crippen molar-refractivity contribution in [2.24, 2.45) is 0 Å². The Bertz CT molecular complexity index is 1200. The molecule has 1 amide bonds. The first-order valence-electron chi connectivity index (χ1n) is 8.91. The molecule has 0 saturated heterocycles. The fourth-order valence-corrected chi connectivity index (χ4v) is 3.93. The second-order valence-corrected chi connectivity index (χ2v) is 7.34. The Morgan fingerprint density at radius 2 is 1.90 bits per heavy atom. The maximum atomic E-state index is 13.1. The topological polar surface area (TPSA) is 55.6 Å². The van der Waals surface area contributed by atoms with Crippen LogP contribution in [-0.4, -0.2) is 22.4 Å². The number of para-hydroxylation sites is 1. The molecular formula is C21H16F3N3O2S. The van der Waals surface area contributed by atoms with Crippen LogP contribution in [0.2, 0.25) is 0 Å². The molecule has 0 unspecified atom stereocenters. The summed E-state index contributed by atoms with van der Waals surface area (Å²) in [7, 11) is 1.59. The highest BCUT2D eigenvalue weighted by Crippen LogP contribution is 2.34. The smallest absolute Gasteiger partial charge is 0.418 e. The predicted octanol–water partition coefficient (Wildman–Crippen LogP) is 5.27. The van der Waals surface area contributed by atoms with Crippen LogP contribution in [0, 0.1) is 0 Å². The Kier molecular flexibility index (Phi) is 5.21. The molecule has 0 fully saturated rings. The minimum absolute atomic E-state index is 0.0788. The molecule has 4 aromatic rings. The van der Waals surface area contributed by atoms with Crippen LogP contribution in [0.5, 0.6) is 5.75 Å². The number of nitrogens with zero attached hydrogens (tertiary/aromatic N) is 2. The van der Waals surface area contributed by atoms with Gasteiger partial charge in [0.2, 0.25) is 5.91 Å². The summed E-state index contributed by atoms with van der Waals surface area (Å²) in [5.41, 5.74) is 1.13. The van der Waals surface area contributed by atoms with Gasteiger partial charge in [-0.2, -0.15) is 13.2 Å². The molecule has 2 aromatic carbocycles. The molecule has 154 valence electrons. The van der Waals surface area contributed by atoms with Crippen LogP contribution >= 0.6 is 11.3 Å². The van der Waals surface area contributed by atoms with Crippen LogP contribution in [0.15, 0.2) is 60.1 Å². The van der Waals surface area contributed by atoms with E-state index < -0.39 is 17.6 Å². The van der Waals surface area contributed by atoms with E-state index in [1.54, 1.807) is 23.1 Å². The molecule has 4 rings (SSSR count). The SMILES string of the molecule is COc1ccc(-c2cn3c(CC(=O)Nc4ccccc4C(F)(F)F)csc3n2)cc1. The number of imidazole rings is 1. The van der Waals surface area contributed by atoms with Gasteiger partial charge in [0.1, 0.15) is 5.75 Å². The van der Waals surface area contributed by atoms with Gasteiger partial charge in [-0.3, -0.25) is 9.20 Å². The monoisotopic (exact) mass is 431 g/mol. The Morgan fingerprint density at radius 3 is 2.60 bits per heavy atom. The van der Waals surface area contributed by atoms with Gasteiger partial charge in [0.05, 0.1) is 30.5 Å². The largest absolute Gasteiger partial charge is 0.497 e. The van der Waals surface area contributed by atoms with Gasteiger partial charge in [-0.25, -0.2) is 4.98 Å². The number of alkyl halides is 3.